The molecule has 0 aromatic rings. The third kappa shape index (κ3) is 6.26. The lowest BCUT2D eigenvalue weighted by Crippen LogP contribution is -2.48. The molecule has 20 heavy (non-hydrogen) atoms. The van der Waals surface area contributed by atoms with E-state index in [2.05, 4.69) is 17.6 Å². The lowest BCUT2D eigenvalue weighted by Gasteiger charge is -2.18. The van der Waals surface area contributed by atoms with E-state index < -0.39 is 12.0 Å². The van der Waals surface area contributed by atoms with Crippen molar-refractivity contribution in [2.75, 3.05) is 17.8 Å². The van der Waals surface area contributed by atoms with Crippen LogP contribution in [0.3, 0.4) is 0 Å². The molecule has 116 valence electrons. The van der Waals surface area contributed by atoms with Crippen molar-refractivity contribution in [1.82, 2.24) is 10.6 Å². The second kappa shape index (κ2) is 9.39. The molecule has 0 spiro atoms. The molecule has 1 rings (SSSR count). The number of carboxylic acid groups (broad SMARTS) is 1. The number of carbonyl (C=O) groups excluding carboxylic acids is 1. The molecule has 0 aromatic heterocycles. The summed E-state index contributed by atoms with van der Waals surface area (Å²) < 4.78 is 0. The zero-order valence-corrected chi connectivity index (χ0v) is 13.7. The van der Waals surface area contributed by atoms with Crippen molar-refractivity contribution in [2.24, 2.45) is 0 Å². The molecule has 1 aliphatic rings. The molecule has 3 N–H and O–H groups in total. The van der Waals surface area contributed by atoms with E-state index in [0.29, 0.717) is 11.7 Å². The average Bonchev–Trinajstić information content (AvgIpc) is 2.82. The van der Waals surface area contributed by atoms with Crippen LogP contribution in [0.4, 0.5) is 4.79 Å². The minimum absolute atomic E-state index is 0.175. The Balaban J connectivity index is 2.33. The lowest BCUT2D eigenvalue weighted by atomic mass is 10.2. The number of carbonyl (C=O) groups is 2. The summed E-state index contributed by atoms with van der Waals surface area (Å²) in [6, 6.07) is -0.982. The van der Waals surface area contributed by atoms with Gasteiger partial charge in [-0.25, -0.2) is 9.59 Å². The Morgan fingerprint density at radius 2 is 2.15 bits per heavy atom. The van der Waals surface area contributed by atoms with E-state index in [0.717, 1.165) is 30.8 Å². The highest BCUT2D eigenvalue weighted by molar-refractivity contribution is 7.99. The molecule has 1 fully saturated rings. The Morgan fingerprint density at radius 3 is 2.75 bits per heavy atom. The minimum Gasteiger partial charge on any atom is -0.480 e. The van der Waals surface area contributed by atoms with E-state index in [1.807, 2.05) is 18.0 Å². The second-order valence-corrected chi connectivity index (χ2v) is 7.44. The van der Waals surface area contributed by atoms with Crippen LogP contribution in [-0.2, 0) is 4.79 Å². The number of amides is 2. The summed E-state index contributed by atoms with van der Waals surface area (Å²) in [6.07, 6.45) is 5.45. The van der Waals surface area contributed by atoms with Gasteiger partial charge < -0.3 is 15.7 Å². The molecule has 0 heterocycles. The van der Waals surface area contributed by atoms with Gasteiger partial charge in [-0.15, -0.1) is 0 Å². The summed E-state index contributed by atoms with van der Waals surface area (Å²) in [6.45, 7) is 2.14. The van der Waals surface area contributed by atoms with Crippen molar-refractivity contribution in [3.8, 4) is 0 Å². The van der Waals surface area contributed by atoms with Crippen LogP contribution in [-0.4, -0.2) is 52.2 Å². The van der Waals surface area contributed by atoms with E-state index >= 15 is 0 Å². The van der Waals surface area contributed by atoms with E-state index in [9.17, 15) is 9.59 Å². The number of carboxylic acids is 1. The Bertz CT molecular complexity index is 329. The number of hydrogen-bond donors (Lipinski definition) is 3. The standard InChI is InChI=1S/C13H24N2O3S2/c1-3-20-10-5-4-9(8-10)14-13(18)15-11(12(16)17)6-7-19-2/h9-11H,3-8H2,1-2H3,(H,16,17)(H2,14,15,18)/t9?,10?,11-/m1/s1. The Morgan fingerprint density at radius 1 is 1.40 bits per heavy atom. The van der Waals surface area contributed by atoms with Gasteiger partial charge in [-0.2, -0.15) is 23.5 Å². The highest BCUT2D eigenvalue weighted by Crippen LogP contribution is 2.29. The lowest BCUT2D eigenvalue weighted by molar-refractivity contribution is -0.139. The summed E-state index contributed by atoms with van der Waals surface area (Å²) in [7, 11) is 0. The number of urea groups is 1. The maximum absolute atomic E-state index is 11.8. The topological polar surface area (TPSA) is 78.4 Å². The largest absolute Gasteiger partial charge is 0.480 e. The average molecular weight is 320 g/mol. The van der Waals surface area contributed by atoms with Crippen LogP contribution in [0.1, 0.15) is 32.6 Å². The first-order valence-corrected chi connectivity index (χ1v) is 9.41. The molecule has 0 aliphatic heterocycles. The maximum atomic E-state index is 11.8. The zero-order valence-electron chi connectivity index (χ0n) is 12.1. The molecule has 0 bridgehead atoms. The molecule has 1 saturated carbocycles. The van der Waals surface area contributed by atoms with Gasteiger partial charge in [0.05, 0.1) is 0 Å². The fourth-order valence-electron chi connectivity index (χ4n) is 2.34. The fourth-order valence-corrected chi connectivity index (χ4v) is 3.95. The van der Waals surface area contributed by atoms with Gasteiger partial charge in [-0.05, 0) is 43.4 Å². The van der Waals surface area contributed by atoms with Crippen LogP contribution in [0, 0.1) is 0 Å². The van der Waals surface area contributed by atoms with E-state index in [1.54, 1.807) is 11.8 Å². The summed E-state index contributed by atoms with van der Waals surface area (Å²) in [4.78, 5) is 22.9. The molecule has 7 heteroatoms. The number of thioether (sulfide) groups is 2. The summed E-state index contributed by atoms with van der Waals surface area (Å²) >= 11 is 3.51. The Kier molecular flexibility index (Phi) is 8.21. The monoisotopic (exact) mass is 320 g/mol. The van der Waals surface area contributed by atoms with Gasteiger partial charge in [0.1, 0.15) is 6.04 Å². The normalized spacial score (nSPS) is 23.3. The van der Waals surface area contributed by atoms with Crippen molar-refractivity contribution in [2.45, 2.75) is 49.9 Å². The molecule has 3 atom stereocenters. The van der Waals surface area contributed by atoms with Crippen molar-refractivity contribution in [3.63, 3.8) is 0 Å². The first-order chi connectivity index (χ1) is 9.56. The predicted molar refractivity (Wildman–Crippen MR) is 85.6 cm³/mol. The fraction of sp³-hybridized carbons (Fsp3) is 0.846. The molecule has 1 aliphatic carbocycles. The van der Waals surface area contributed by atoms with E-state index in [1.165, 1.54) is 0 Å². The number of aliphatic carboxylic acids is 1. The number of rotatable bonds is 8. The first kappa shape index (κ1) is 17.5. The highest BCUT2D eigenvalue weighted by atomic mass is 32.2. The minimum atomic E-state index is -0.972. The third-order valence-corrected chi connectivity index (χ3v) is 5.21. The quantitative estimate of drug-likeness (QED) is 0.639. The SMILES string of the molecule is CCSC1CCC(NC(=O)N[C@H](CCSC)C(=O)O)C1. The molecule has 5 nitrogen and oxygen atoms in total. The Hall–Kier alpha value is -0.560. The van der Waals surface area contributed by atoms with Crippen LogP contribution < -0.4 is 10.6 Å². The molecule has 0 saturated heterocycles. The van der Waals surface area contributed by atoms with Gasteiger partial charge >= 0.3 is 12.0 Å². The van der Waals surface area contributed by atoms with Crippen molar-refractivity contribution >= 4 is 35.5 Å². The summed E-state index contributed by atoms with van der Waals surface area (Å²) in [5.41, 5.74) is 0. The molecule has 0 radical (unpaired) electrons. The third-order valence-electron chi connectivity index (χ3n) is 3.34. The van der Waals surface area contributed by atoms with E-state index in [4.69, 9.17) is 5.11 Å². The summed E-state index contributed by atoms with van der Waals surface area (Å²) in [5, 5.41) is 15.1. The van der Waals surface area contributed by atoms with Crippen LogP contribution in [0.5, 0.6) is 0 Å². The van der Waals surface area contributed by atoms with Crippen molar-refractivity contribution in [3.05, 3.63) is 0 Å². The van der Waals surface area contributed by atoms with Gasteiger partial charge in [-0.3, -0.25) is 0 Å². The number of hydrogen-bond acceptors (Lipinski definition) is 4. The second-order valence-electron chi connectivity index (χ2n) is 4.88. The van der Waals surface area contributed by atoms with Crippen LogP contribution >= 0.6 is 23.5 Å². The zero-order chi connectivity index (χ0) is 15.0. The van der Waals surface area contributed by atoms with Gasteiger partial charge in [-0.1, -0.05) is 6.92 Å². The molecule has 2 amide bonds. The van der Waals surface area contributed by atoms with Crippen molar-refractivity contribution < 1.29 is 14.7 Å². The molecular formula is C13H24N2O3S2. The van der Waals surface area contributed by atoms with Crippen LogP contribution in [0.25, 0.3) is 0 Å². The highest BCUT2D eigenvalue weighted by Gasteiger charge is 2.27. The van der Waals surface area contributed by atoms with Crippen LogP contribution in [0.2, 0.25) is 0 Å². The van der Waals surface area contributed by atoms with Crippen LogP contribution in [0.15, 0.2) is 0 Å². The predicted octanol–water partition coefficient (Wildman–Crippen LogP) is 2.17. The molecule has 2 unspecified atom stereocenters. The maximum Gasteiger partial charge on any atom is 0.326 e. The smallest absolute Gasteiger partial charge is 0.326 e. The van der Waals surface area contributed by atoms with Gasteiger partial charge in [0.25, 0.3) is 0 Å². The molecule has 0 aromatic carbocycles. The van der Waals surface area contributed by atoms with Crippen molar-refractivity contribution in [1.29, 1.82) is 0 Å². The summed E-state index contributed by atoms with van der Waals surface area (Å²) in [5.74, 6) is 0.843. The number of nitrogens with one attached hydrogen (secondary N) is 2. The van der Waals surface area contributed by atoms with E-state index in [-0.39, 0.29) is 12.1 Å². The Labute approximate surface area is 129 Å². The van der Waals surface area contributed by atoms with Gasteiger partial charge in [0.2, 0.25) is 0 Å². The van der Waals surface area contributed by atoms with Gasteiger partial charge in [0.15, 0.2) is 0 Å². The first-order valence-electron chi connectivity index (χ1n) is 6.97. The van der Waals surface area contributed by atoms with Gasteiger partial charge in [0, 0.05) is 11.3 Å². The molecular weight excluding hydrogens is 296 g/mol.